The normalized spacial score (nSPS) is 15.3. The molecule has 0 unspecified atom stereocenters. The van der Waals surface area contributed by atoms with Crippen LogP contribution in [0.15, 0.2) is 121 Å². The number of nitrogens with two attached hydrogens (primary N) is 5. The van der Waals surface area contributed by atoms with Gasteiger partial charge < -0.3 is 86.3 Å². The number of primary amides is 2. The summed E-state index contributed by atoms with van der Waals surface area (Å²) in [6, 6.07) is 11.9. The molecule has 0 spiro atoms. The van der Waals surface area contributed by atoms with Crippen LogP contribution in [-0.4, -0.2) is 189 Å². The molecular formula is C70H92ClN17O14. The number of aliphatic hydroxyl groups excluding tert-OH is 1. The van der Waals surface area contributed by atoms with Crippen molar-refractivity contribution in [3.05, 3.63) is 143 Å². The standard InChI is InChI=1S/C70H92ClN17O14/c1-39(2)31-50(72)66(99)88(58(15-9-28-78-69(74)75)68(101)87-30-10-16-57(87)65(98)80-40(3)59(73)92)67(100)51(14-8-29-79-70(76)102)82-61(94)53(34-43-20-25-49(91)26-21-43)85-64(97)56(38-89)86-63(96)55(36-45-11-7-27-77-37-45)84-62(95)54(33-42-18-23-48(71)24-19-42)83-60(93)52(81-41(4)90)35-44-17-22-46-12-5-6-13-47(46)32-44/h5-7,11-13,17-27,32,37,39-40,50-58,89,91H,8-10,14-16,28-31,33-36,38,72H2,1-4H3,(H2,73,92)(H,80,98)(H,81,90)(H,82,94)(H,83,93)(H,84,95)(H,85,97)(H,86,96)(H4,74,75,78)(H3,76,79,102)/t40-,50+,51-,52-,53+,54-,55-,56+,57+,58+/m1/s1. The number of guanidine groups is 1. The maximum atomic E-state index is 15.7. The minimum atomic E-state index is -1.91. The van der Waals surface area contributed by atoms with Crippen molar-refractivity contribution in [2.24, 2.45) is 39.6 Å². The number of amides is 13. The molecule has 32 heteroatoms. The number of likely N-dealkylation sites (tertiary alicyclic amines) is 1. The fraction of sp³-hybridized carbons (Fsp3) is 0.429. The highest BCUT2D eigenvalue weighted by Crippen LogP contribution is 2.26. The smallest absolute Gasteiger partial charge is 0.312 e. The number of aliphatic imine (C=N–C) groups is 1. The molecule has 20 N–H and O–H groups in total. The van der Waals surface area contributed by atoms with Gasteiger partial charge in [0.25, 0.3) is 5.91 Å². The molecule has 4 aromatic carbocycles. The van der Waals surface area contributed by atoms with Crippen LogP contribution >= 0.6 is 11.6 Å². The van der Waals surface area contributed by atoms with Crippen molar-refractivity contribution in [2.75, 3.05) is 26.2 Å². The Hall–Kier alpha value is -10.8. The summed E-state index contributed by atoms with van der Waals surface area (Å²) < 4.78 is 0. The van der Waals surface area contributed by atoms with E-state index >= 15 is 19.2 Å². The third kappa shape index (κ3) is 24.8. The second-order valence-electron chi connectivity index (χ2n) is 25.4. The van der Waals surface area contributed by atoms with E-state index in [0.29, 0.717) is 32.2 Å². The number of urea groups is 1. The molecule has 102 heavy (non-hydrogen) atoms. The number of carbonyl (C=O) groups is 12. The van der Waals surface area contributed by atoms with Crippen molar-refractivity contribution in [1.29, 1.82) is 0 Å². The zero-order chi connectivity index (χ0) is 74.7. The van der Waals surface area contributed by atoms with E-state index in [2.05, 4.69) is 52.5 Å². The monoisotopic (exact) mass is 1430 g/mol. The van der Waals surface area contributed by atoms with Crippen molar-refractivity contribution in [3.8, 4) is 5.75 Å². The molecule has 1 aliphatic heterocycles. The number of aromatic nitrogens is 1. The molecule has 2 heterocycles. The predicted octanol–water partition coefficient (Wildman–Crippen LogP) is -0.634. The van der Waals surface area contributed by atoms with Gasteiger partial charge in [0.15, 0.2) is 5.96 Å². The second-order valence-corrected chi connectivity index (χ2v) is 25.8. The highest BCUT2D eigenvalue weighted by atomic mass is 35.5. The molecule has 1 fully saturated rings. The maximum Gasteiger partial charge on any atom is 0.312 e. The lowest BCUT2D eigenvalue weighted by Crippen LogP contribution is -2.64. The first kappa shape index (κ1) is 80.2. The van der Waals surface area contributed by atoms with E-state index in [0.717, 1.165) is 15.7 Å². The molecule has 6 rings (SSSR count). The zero-order valence-electron chi connectivity index (χ0n) is 57.3. The fourth-order valence-electron chi connectivity index (χ4n) is 11.6. The molecule has 10 atom stereocenters. The topological polar surface area (TPSA) is 503 Å². The van der Waals surface area contributed by atoms with Gasteiger partial charge in [0.1, 0.15) is 60.1 Å². The van der Waals surface area contributed by atoms with Crippen LogP contribution in [0.4, 0.5) is 4.79 Å². The van der Waals surface area contributed by atoms with Crippen LogP contribution in [0.1, 0.15) is 94.9 Å². The summed E-state index contributed by atoms with van der Waals surface area (Å²) in [6.07, 6.45) is 1.49. The molecule has 0 radical (unpaired) electrons. The number of nitrogens with one attached hydrogen (secondary N) is 8. The molecule has 0 bridgehead atoms. The fourth-order valence-corrected chi connectivity index (χ4v) is 11.7. The van der Waals surface area contributed by atoms with Gasteiger partial charge in [-0.3, -0.25) is 67.6 Å². The number of pyridine rings is 1. The van der Waals surface area contributed by atoms with Crippen LogP contribution in [0, 0.1) is 5.92 Å². The molecule has 0 saturated carbocycles. The van der Waals surface area contributed by atoms with Crippen molar-refractivity contribution in [2.45, 2.75) is 159 Å². The number of aromatic hydroxyl groups is 1. The van der Waals surface area contributed by atoms with Crippen molar-refractivity contribution < 1.29 is 67.7 Å². The Morgan fingerprint density at radius 3 is 1.72 bits per heavy atom. The number of rotatable bonds is 37. The quantitative estimate of drug-likeness (QED) is 0.0134. The number of benzene rings is 4. The number of phenols is 1. The summed E-state index contributed by atoms with van der Waals surface area (Å²) in [4.78, 5) is 180. The molecular weight excluding hydrogens is 1340 g/mol. The number of hydrogen-bond donors (Lipinski definition) is 15. The van der Waals surface area contributed by atoms with E-state index in [9.17, 15) is 48.6 Å². The van der Waals surface area contributed by atoms with Crippen LogP contribution in [0.2, 0.25) is 5.02 Å². The molecule has 548 valence electrons. The van der Waals surface area contributed by atoms with Crippen LogP contribution in [-0.2, 0) is 78.4 Å². The van der Waals surface area contributed by atoms with E-state index in [1.165, 1.54) is 50.5 Å². The number of aliphatic hydroxyl groups is 1. The highest BCUT2D eigenvalue weighted by molar-refractivity contribution is 6.30. The summed E-state index contributed by atoms with van der Waals surface area (Å²) in [7, 11) is 0. The Balaban J connectivity index is 1.34. The van der Waals surface area contributed by atoms with Crippen LogP contribution in [0.5, 0.6) is 5.75 Å². The number of phenolic OH excluding ortho intramolecular Hbond substituents is 1. The van der Waals surface area contributed by atoms with Gasteiger partial charge in [0, 0.05) is 69.7 Å². The van der Waals surface area contributed by atoms with Gasteiger partial charge in [-0.1, -0.05) is 98.2 Å². The number of imide groups is 1. The lowest BCUT2D eigenvalue weighted by Gasteiger charge is -2.37. The first-order valence-electron chi connectivity index (χ1n) is 33.4. The maximum absolute atomic E-state index is 15.7. The van der Waals surface area contributed by atoms with E-state index in [1.54, 1.807) is 50.2 Å². The van der Waals surface area contributed by atoms with Crippen LogP contribution in [0.25, 0.3) is 10.8 Å². The minimum absolute atomic E-state index is 0.0135. The molecule has 31 nitrogen and oxygen atoms in total. The summed E-state index contributed by atoms with van der Waals surface area (Å²) >= 11 is 6.23. The average molecular weight is 1430 g/mol. The Labute approximate surface area is 595 Å². The molecule has 1 aromatic heterocycles. The lowest BCUT2D eigenvalue weighted by atomic mass is 9.98. The Morgan fingerprint density at radius 2 is 1.17 bits per heavy atom. The van der Waals surface area contributed by atoms with Gasteiger partial charge in [-0.2, -0.15) is 0 Å². The van der Waals surface area contributed by atoms with Gasteiger partial charge in [0.05, 0.1) is 12.6 Å². The number of carbonyl (C=O) groups excluding carboxylic acids is 12. The Morgan fingerprint density at radius 1 is 0.627 bits per heavy atom. The average Bonchev–Trinajstić information content (AvgIpc) is 1.36. The van der Waals surface area contributed by atoms with Gasteiger partial charge in [-0.05, 0) is 121 Å². The minimum Gasteiger partial charge on any atom is -0.508 e. The van der Waals surface area contributed by atoms with Crippen LogP contribution in [0.3, 0.4) is 0 Å². The molecule has 1 saturated heterocycles. The number of nitrogens with zero attached hydrogens (tertiary/aromatic N) is 4. The first-order valence-corrected chi connectivity index (χ1v) is 33.8. The van der Waals surface area contributed by atoms with Crippen molar-refractivity contribution in [3.63, 3.8) is 0 Å². The molecule has 5 aromatic rings. The Bertz CT molecular complexity index is 3790. The first-order chi connectivity index (χ1) is 48.5. The SMILES string of the molecule is CC(=O)N[C@H](Cc1ccc2ccccc2c1)C(=O)N[C@H](Cc1ccc(Cl)cc1)C(=O)N[C@H](Cc1cccnc1)C(=O)N[C@@H](CO)C(=O)N[C@@H](Cc1ccc(O)cc1)C(=O)N[C@H](CCCNC(N)=O)C(=O)N(C(=O)[C@@H](N)CC(C)C)[C@@H](CCCN=C(N)N)C(=O)N1CCC[C@H]1C(=O)N[C@H](C)C(N)=O. The lowest BCUT2D eigenvalue weighted by molar-refractivity contribution is -0.159. The van der Waals surface area contributed by atoms with Crippen molar-refractivity contribution in [1.82, 2.24) is 57.3 Å². The summed E-state index contributed by atoms with van der Waals surface area (Å²) in [6.45, 7) is 4.62. The zero-order valence-corrected chi connectivity index (χ0v) is 58.0. The molecule has 1 aliphatic rings. The predicted molar refractivity (Wildman–Crippen MR) is 378 cm³/mol. The number of fused-ring (bicyclic) bond motifs is 1. The van der Waals surface area contributed by atoms with Gasteiger partial charge in [-0.15, -0.1) is 0 Å². The van der Waals surface area contributed by atoms with E-state index < -0.39 is 151 Å². The Kier molecular flexibility index (Phi) is 30.9. The highest BCUT2D eigenvalue weighted by Gasteiger charge is 2.46. The third-order valence-corrected chi connectivity index (χ3v) is 17.1. The summed E-state index contributed by atoms with van der Waals surface area (Å²) in [5.74, 6) is -11.1. The van der Waals surface area contributed by atoms with E-state index in [1.807, 2.05) is 42.5 Å². The second kappa shape index (κ2) is 39.3. The molecule has 13 amide bonds. The molecule has 0 aliphatic carbocycles. The van der Waals surface area contributed by atoms with Crippen LogP contribution < -0.4 is 71.2 Å². The van der Waals surface area contributed by atoms with E-state index in [-0.39, 0.29) is 95.0 Å². The van der Waals surface area contributed by atoms with Gasteiger partial charge in [-0.25, -0.2) is 4.79 Å². The van der Waals surface area contributed by atoms with Gasteiger partial charge >= 0.3 is 6.03 Å². The van der Waals surface area contributed by atoms with E-state index in [4.69, 9.17) is 40.3 Å². The summed E-state index contributed by atoms with van der Waals surface area (Å²) in [5, 5.41) is 44.1. The number of halogens is 1. The largest absolute Gasteiger partial charge is 0.508 e. The number of hydrogen-bond acceptors (Lipinski definition) is 17. The van der Waals surface area contributed by atoms with Crippen molar-refractivity contribution >= 4 is 99.3 Å². The third-order valence-electron chi connectivity index (χ3n) is 16.8. The van der Waals surface area contributed by atoms with Gasteiger partial charge in [0.2, 0.25) is 59.1 Å². The summed E-state index contributed by atoms with van der Waals surface area (Å²) in [5.41, 5.74) is 30.6.